The summed E-state index contributed by atoms with van der Waals surface area (Å²) in [4.78, 5) is 54.7. The molecule has 0 saturated carbocycles. The molecule has 0 atom stereocenters. The van der Waals surface area contributed by atoms with E-state index in [-0.39, 0.29) is 19.1 Å². The maximum atomic E-state index is 14.0. The third-order valence-electron chi connectivity index (χ3n) is 7.63. The van der Waals surface area contributed by atoms with E-state index in [2.05, 4.69) is 15.4 Å². The minimum Gasteiger partial charge on any atom is -0.443 e. The van der Waals surface area contributed by atoms with Crippen LogP contribution in [0.2, 0.25) is 0 Å². The summed E-state index contributed by atoms with van der Waals surface area (Å²) >= 11 is 0. The largest absolute Gasteiger partial charge is 0.443 e. The van der Waals surface area contributed by atoms with Gasteiger partial charge in [-0.05, 0) is 89.9 Å². The van der Waals surface area contributed by atoms with Gasteiger partial charge in [-0.1, -0.05) is 24.3 Å². The molecule has 2 amide bonds. The van der Waals surface area contributed by atoms with Crippen LogP contribution in [-0.2, 0) is 27.4 Å². The van der Waals surface area contributed by atoms with Crippen molar-refractivity contribution in [2.45, 2.75) is 72.9 Å². The Morgan fingerprint density at radius 2 is 1.61 bits per heavy atom. The summed E-state index contributed by atoms with van der Waals surface area (Å²) in [5.41, 5.74) is 4.17. The number of benzene rings is 2. The van der Waals surface area contributed by atoms with E-state index in [0.717, 1.165) is 15.8 Å². The Balaban J connectivity index is 1.36. The van der Waals surface area contributed by atoms with Gasteiger partial charge in [-0.15, -0.1) is 0 Å². The maximum absolute atomic E-state index is 14.0. The van der Waals surface area contributed by atoms with E-state index >= 15 is 0 Å². The van der Waals surface area contributed by atoms with E-state index in [1.807, 2.05) is 25.1 Å². The lowest BCUT2D eigenvalue weighted by Gasteiger charge is -2.28. The minimum absolute atomic E-state index is 0.201. The number of amides is 2. The van der Waals surface area contributed by atoms with Gasteiger partial charge in [0, 0.05) is 41.0 Å². The summed E-state index contributed by atoms with van der Waals surface area (Å²) < 4.78 is 18.2. The number of rotatable bonds is 6. The molecule has 0 radical (unpaired) electrons. The second-order valence-electron chi connectivity index (χ2n) is 14.0. The number of carbonyl (C=O) groups excluding carboxylic acids is 3. The van der Waals surface area contributed by atoms with Crippen LogP contribution >= 0.6 is 0 Å². The van der Waals surface area contributed by atoms with Gasteiger partial charge in [0.2, 0.25) is 0 Å². The van der Waals surface area contributed by atoms with Crippen molar-refractivity contribution in [1.82, 2.24) is 24.7 Å². The van der Waals surface area contributed by atoms with Gasteiger partial charge in [0.1, 0.15) is 11.2 Å². The Morgan fingerprint density at radius 3 is 2.31 bits per heavy atom. The molecule has 51 heavy (non-hydrogen) atoms. The summed E-state index contributed by atoms with van der Waals surface area (Å²) in [5, 5.41) is 7.10. The van der Waals surface area contributed by atoms with Crippen LogP contribution in [0, 0.1) is 6.92 Å². The van der Waals surface area contributed by atoms with Gasteiger partial charge >= 0.3 is 12.2 Å². The summed E-state index contributed by atoms with van der Waals surface area (Å²) in [6, 6.07) is 16.1. The van der Waals surface area contributed by atoms with Crippen molar-refractivity contribution >= 4 is 35.3 Å². The van der Waals surface area contributed by atoms with Gasteiger partial charge in [0.05, 0.1) is 36.4 Å². The normalized spacial score (nSPS) is 12.6. The van der Waals surface area contributed by atoms with Crippen molar-refractivity contribution in [1.29, 1.82) is 0 Å². The first-order valence-corrected chi connectivity index (χ1v) is 16.4. The zero-order valence-corrected chi connectivity index (χ0v) is 29.6. The number of nitrogens with zero attached hydrogens (tertiary/aromatic N) is 6. The number of hydrogen-bond donors (Lipinski definition) is 1. The van der Waals surface area contributed by atoms with Gasteiger partial charge in [0.25, 0.3) is 5.91 Å². The second-order valence-corrected chi connectivity index (χ2v) is 14.0. The Morgan fingerprint density at radius 1 is 0.863 bits per heavy atom. The zero-order chi connectivity index (χ0) is 36.5. The number of ether oxygens (including phenoxy) is 3. The molecular weight excluding hydrogens is 650 g/mol. The molecule has 0 saturated heterocycles. The Hall–Kier alpha value is -5.95. The van der Waals surface area contributed by atoms with Crippen molar-refractivity contribution in [3.63, 3.8) is 0 Å². The molecule has 1 N–H and O–H groups in total. The van der Waals surface area contributed by atoms with Crippen molar-refractivity contribution in [2.75, 3.05) is 10.2 Å². The highest BCUT2D eigenvalue weighted by atomic mass is 16.6. The number of anilines is 3. The summed E-state index contributed by atoms with van der Waals surface area (Å²) in [5.74, 6) is 0.355. The average Bonchev–Trinajstić information content (AvgIpc) is 3.75. The quantitative estimate of drug-likeness (QED) is 0.187. The fraction of sp³-hybridized carbons (Fsp3) is 0.289. The Bertz CT molecular complexity index is 2110. The first-order valence-electron chi connectivity index (χ1n) is 16.4. The monoisotopic (exact) mass is 689 g/mol. The van der Waals surface area contributed by atoms with E-state index in [9.17, 15) is 14.4 Å². The van der Waals surface area contributed by atoms with E-state index < -0.39 is 23.4 Å². The molecule has 5 aromatic rings. The first kappa shape index (κ1) is 34.9. The molecule has 262 valence electrons. The topological polar surface area (TPSA) is 151 Å². The predicted molar refractivity (Wildman–Crippen MR) is 191 cm³/mol. The van der Waals surface area contributed by atoms with Crippen LogP contribution in [0.15, 0.2) is 79.4 Å². The van der Waals surface area contributed by atoms with Gasteiger partial charge in [-0.2, -0.15) is 9.78 Å². The molecule has 1 aliphatic rings. The number of aromatic nitrogens is 5. The number of fused-ring (bicyclic) bond motifs is 1. The Kier molecular flexibility index (Phi) is 9.41. The van der Waals surface area contributed by atoms with Crippen LogP contribution in [0.4, 0.5) is 26.8 Å². The molecule has 4 heterocycles. The molecule has 0 fully saturated rings. The van der Waals surface area contributed by atoms with Gasteiger partial charge in [-0.3, -0.25) is 9.78 Å². The zero-order valence-electron chi connectivity index (χ0n) is 29.6. The lowest BCUT2D eigenvalue weighted by molar-refractivity contribution is 0.0513. The highest BCUT2D eigenvalue weighted by molar-refractivity contribution is 6.05. The maximum Gasteiger partial charge on any atom is 0.435 e. The molecular formula is C38H39N7O6. The fourth-order valence-corrected chi connectivity index (χ4v) is 5.29. The van der Waals surface area contributed by atoms with Crippen molar-refractivity contribution in [3.8, 4) is 22.5 Å². The molecule has 0 spiro atoms. The Labute approximate surface area is 295 Å². The standard InChI is InChI=1S/C38H39N7O6/c1-23-15-16-39-19-29(23)34(46)41-27-10-8-9-25(17-27)32-42-31-22-49-21-30(31)33(43-32)45(36(48)51-38(5,6)7)28-13-11-24(12-14-28)26-18-40-44(20-26)35(47)50-37(2,3)4/h8-20H,21-22H2,1-7H3,(H,41,46). The lowest BCUT2D eigenvalue weighted by atomic mass is 10.1. The molecule has 1 aliphatic heterocycles. The molecule has 13 nitrogen and oxygen atoms in total. The van der Waals surface area contributed by atoms with Crippen LogP contribution in [0.25, 0.3) is 22.5 Å². The molecule has 0 unspecified atom stereocenters. The van der Waals surface area contributed by atoms with E-state index in [1.165, 1.54) is 11.1 Å². The number of aryl methyl sites for hydroxylation is 1. The van der Waals surface area contributed by atoms with Crippen LogP contribution in [0.1, 0.15) is 68.7 Å². The van der Waals surface area contributed by atoms with Crippen molar-refractivity contribution in [2.24, 2.45) is 0 Å². The molecule has 2 aromatic carbocycles. The van der Waals surface area contributed by atoms with E-state index in [1.54, 1.807) is 96.5 Å². The third-order valence-corrected chi connectivity index (χ3v) is 7.63. The highest BCUT2D eigenvalue weighted by Crippen LogP contribution is 2.36. The number of nitrogens with one attached hydrogen (secondary N) is 1. The fourth-order valence-electron chi connectivity index (χ4n) is 5.29. The number of carbonyl (C=O) groups is 3. The molecule has 3 aromatic heterocycles. The van der Waals surface area contributed by atoms with E-state index in [4.69, 9.17) is 24.2 Å². The molecule has 13 heteroatoms. The summed E-state index contributed by atoms with van der Waals surface area (Å²) in [6.07, 6.45) is 5.09. The first-order chi connectivity index (χ1) is 24.1. The highest BCUT2D eigenvalue weighted by Gasteiger charge is 2.32. The number of pyridine rings is 1. The minimum atomic E-state index is -0.805. The van der Waals surface area contributed by atoms with Crippen molar-refractivity contribution < 1.29 is 28.6 Å². The number of hydrogen-bond acceptors (Lipinski definition) is 10. The van der Waals surface area contributed by atoms with E-state index in [0.29, 0.717) is 51.0 Å². The summed E-state index contributed by atoms with van der Waals surface area (Å²) in [6.45, 7) is 13.0. The molecule has 0 aliphatic carbocycles. The lowest BCUT2D eigenvalue weighted by Crippen LogP contribution is -2.35. The van der Waals surface area contributed by atoms with Crippen LogP contribution in [-0.4, -0.2) is 54.0 Å². The van der Waals surface area contributed by atoms with Gasteiger partial charge in [0.15, 0.2) is 11.6 Å². The predicted octanol–water partition coefficient (Wildman–Crippen LogP) is 7.85. The SMILES string of the molecule is Cc1ccncc1C(=O)Nc1cccc(-c2nc3c(c(N(C(=O)OC(C)(C)C)c4ccc(-c5cnn(C(=O)OC(C)(C)C)c5)cc4)n2)COC3)c1. The van der Waals surface area contributed by atoms with Gasteiger partial charge in [-0.25, -0.2) is 24.5 Å². The smallest absolute Gasteiger partial charge is 0.435 e. The molecule has 6 rings (SSSR count). The van der Waals surface area contributed by atoms with Crippen molar-refractivity contribution in [3.05, 3.63) is 102 Å². The summed E-state index contributed by atoms with van der Waals surface area (Å²) in [7, 11) is 0. The average molecular weight is 690 g/mol. The van der Waals surface area contributed by atoms with Crippen LogP contribution in [0.5, 0.6) is 0 Å². The van der Waals surface area contributed by atoms with Crippen LogP contribution < -0.4 is 10.2 Å². The van der Waals surface area contributed by atoms with Crippen LogP contribution in [0.3, 0.4) is 0 Å². The second kappa shape index (κ2) is 13.8. The third kappa shape index (κ3) is 8.10. The van der Waals surface area contributed by atoms with Gasteiger partial charge < -0.3 is 19.5 Å². The molecule has 0 bridgehead atoms.